The largest absolute Gasteiger partial charge is 0.229 e. The van der Waals surface area contributed by atoms with Gasteiger partial charge in [-0.05, 0) is 5.92 Å². The molecule has 0 N–H and O–H groups in total. The third-order valence-corrected chi connectivity index (χ3v) is 2.88. The first-order chi connectivity index (χ1) is 4.48. The Bertz CT molecular complexity index is 190. The minimum atomic E-state index is -2.85. The number of rotatable bonds is 4. The Morgan fingerprint density at radius 2 is 2.00 bits per heavy atom. The van der Waals surface area contributed by atoms with E-state index in [0.29, 0.717) is 0 Å². The van der Waals surface area contributed by atoms with E-state index in [1.165, 1.54) is 6.08 Å². The molecule has 2 nitrogen and oxygen atoms in total. The summed E-state index contributed by atoms with van der Waals surface area (Å²) in [5.74, 6) is 0.578. The zero-order chi connectivity index (χ0) is 8.20. The summed E-state index contributed by atoms with van der Waals surface area (Å²) in [6.07, 6.45) is 1.43. The topological polar surface area (TPSA) is 34.1 Å². The van der Waals surface area contributed by atoms with Crippen LogP contribution >= 0.6 is 0 Å². The summed E-state index contributed by atoms with van der Waals surface area (Å²) in [6, 6.07) is 0. The maximum atomic E-state index is 11.0. The molecule has 3 heteroatoms. The van der Waals surface area contributed by atoms with Gasteiger partial charge in [0.1, 0.15) is 0 Å². The van der Waals surface area contributed by atoms with Crippen molar-refractivity contribution in [2.75, 3.05) is 11.5 Å². The standard InChI is InChI=1S/C7H14O2S/c1-4-5-10(8,9)6-7(2)3/h4,7H,1,5-6H2,2-3H3. The highest BCUT2D eigenvalue weighted by Gasteiger charge is 2.09. The molecule has 0 aromatic carbocycles. The van der Waals surface area contributed by atoms with Crippen molar-refractivity contribution < 1.29 is 8.42 Å². The van der Waals surface area contributed by atoms with Crippen molar-refractivity contribution in [1.29, 1.82) is 0 Å². The van der Waals surface area contributed by atoms with Crippen LogP contribution in [0.25, 0.3) is 0 Å². The maximum absolute atomic E-state index is 11.0. The Kier molecular flexibility index (Phi) is 3.64. The molecule has 0 unspecified atom stereocenters. The van der Waals surface area contributed by atoms with Gasteiger partial charge in [-0.15, -0.1) is 6.58 Å². The molecule has 60 valence electrons. The van der Waals surface area contributed by atoms with Gasteiger partial charge in [0.2, 0.25) is 0 Å². The predicted octanol–water partition coefficient (Wildman–Crippen LogP) is 1.24. The molecule has 0 amide bonds. The molecule has 0 spiro atoms. The van der Waals surface area contributed by atoms with Crippen LogP contribution in [0.15, 0.2) is 12.7 Å². The van der Waals surface area contributed by atoms with Gasteiger partial charge in [0.25, 0.3) is 0 Å². The van der Waals surface area contributed by atoms with Crippen LogP contribution in [-0.4, -0.2) is 19.9 Å². The van der Waals surface area contributed by atoms with Gasteiger partial charge in [0, 0.05) is 0 Å². The van der Waals surface area contributed by atoms with E-state index in [2.05, 4.69) is 6.58 Å². The molecule has 0 aliphatic rings. The van der Waals surface area contributed by atoms with Crippen molar-refractivity contribution in [3.05, 3.63) is 12.7 Å². The average molecular weight is 162 g/mol. The Morgan fingerprint density at radius 1 is 1.50 bits per heavy atom. The molecule has 0 aliphatic heterocycles. The van der Waals surface area contributed by atoms with Crippen molar-refractivity contribution in [3.8, 4) is 0 Å². The van der Waals surface area contributed by atoms with Gasteiger partial charge in [0.05, 0.1) is 11.5 Å². The molecule has 0 aliphatic carbocycles. The second-order valence-electron chi connectivity index (χ2n) is 2.76. The third-order valence-electron chi connectivity index (χ3n) is 0.959. The first-order valence-electron chi connectivity index (χ1n) is 3.29. The molecule has 10 heavy (non-hydrogen) atoms. The fourth-order valence-corrected chi connectivity index (χ4v) is 2.27. The van der Waals surface area contributed by atoms with Crippen molar-refractivity contribution in [1.82, 2.24) is 0 Å². The van der Waals surface area contributed by atoms with Crippen LogP contribution in [0.4, 0.5) is 0 Å². The normalized spacial score (nSPS) is 11.9. The molecule has 0 fully saturated rings. The third kappa shape index (κ3) is 4.56. The predicted molar refractivity (Wildman–Crippen MR) is 43.7 cm³/mol. The fourth-order valence-electron chi connectivity index (χ4n) is 0.755. The Labute approximate surface area is 62.9 Å². The molecular weight excluding hydrogens is 148 g/mol. The lowest BCUT2D eigenvalue weighted by Crippen LogP contribution is -2.13. The second-order valence-corrected chi connectivity index (χ2v) is 4.91. The monoisotopic (exact) mass is 162 g/mol. The van der Waals surface area contributed by atoms with Crippen LogP contribution in [0.2, 0.25) is 0 Å². The zero-order valence-corrected chi connectivity index (χ0v) is 7.32. The lowest BCUT2D eigenvalue weighted by atomic mass is 10.3. The number of hydrogen-bond donors (Lipinski definition) is 0. The summed E-state index contributed by atoms with van der Waals surface area (Å²) in [4.78, 5) is 0. The quantitative estimate of drug-likeness (QED) is 0.583. The second kappa shape index (κ2) is 3.76. The van der Waals surface area contributed by atoms with Crippen LogP contribution in [0, 0.1) is 5.92 Å². The van der Waals surface area contributed by atoms with Crippen molar-refractivity contribution >= 4 is 9.84 Å². The first-order valence-corrected chi connectivity index (χ1v) is 5.11. The highest BCUT2D eigenvalue weighted by molar-refractivity contribution is 7.91. The summed E-state index contributed by atoms with van der Waals surface area (Å²) in [5.41, 5.74) is 0. The van der Waals surface area contributed by atoms with Gasteiger partial charge in [-0.1, -0.05) is 19.9 Å². The molecule has 0 saturated carbocycles. The van der Waals surface area contributed by atoms with E-state index >= 15 is 0 Å². The average Bonchev–Trinajstić information content (AvgIpc) is 1.59. The maximum Gasteiger partial charge on any atom is 0.154 e. The molecular formula is C7H14O2S. The SMILES string of the molecule is C=CCS(=O)(=O)CC(C)C. The Balaban J connectivity index is 4.01. The van der Waals surface area contributed by atoms with Crippen molar-refractivity contribution in [3.63, 3.8) is 0 Å². The molecule has 0 heterocycles. The zero-order valence-electron chi connectivity index (χ0n) is 6.50. The van der Waals surface area contributed by atoms with E-state index in [1.54, 1.807) is 0 Å². The summed E-state index contributed by atoms with van der Waals surface area (Å²) < 4.78 is 21.9. The lowest BCUT2D eigenvalue weighted by Gasteiger charge is -2.02. The van der Waals surface area contributed by atoms with E-state index in [9.17, 15) is 8.42 Å². The van der Waals surface area contributed by atoms with E-state index in [4.69, 9.17) is 0 Å². The summed E-state index contributed by atoms with van der Waals surface area (Å²) in [6.45, 7) is 7.15. The fraction of sp³-hybridized carbons (Fsp3) is 0.714. The van der Waals surface area contributed by atoms with Gasteiger partial charge >= 0.3 is 0 Å². The molecule has 0 aromatic heterocycles. The van der Waals surface area contributed by atoms with Crippen molar-refractivity contribution in [2.45, 2.75) is 13.8 Å². The highest BCUT2D eigenvalue weighted by atomic mass is 32.2. The van der Waals surface area contributed by atoms with E-state index in [0.717, 1.165) is 0 Å². The first kappa shape index (κ1) is 9.69. The van der Waals surface area contributed by atoms with Crippen LogP contribution in [0.5, 0.6) is 0 Å². The molecule has 0 bridgehead atoms. The Morgan fingerprint density at radius 3 is 2.30 bits per heavy atom. The lowest BCUT2D eigenvalue weighted by molar-refractivity contribution is 0.585. The smallest absolute Gasteiger partial charge is 0.154 e. The molecule has 0 rings (SSSR count). The van der Waals surface area contributed by atoms with Crippen LogP contribution in [0.1, 0.15) is 13.8 Å². The van der Waals surface area contributed by atoms with Gasteiger partial charge in [0.15, 0.2) is 9.84 Å². The van der Waals surface area contributed by atoms with Crippen LogP contribution < -0.4 is 0 Å². The van der Waals surface area contributed by atoms with E-state index in [-0.39, 0.29) is 17.4 Å². The summed E-state index contributed by atoms with van der Waals surface area (Å²) >= 11 is 0. The van der Waals surface area contributed by atoms with Gasteiger partial charge in [-0.25, -0.2) is 8.42 Å². The number of hydrogen-bond acceptors (Lipinski definition) is 2. The molecule has 0 aromatic rings. The van der Waals surface area contributed by atoms with Crippen LogP contribution in [-0.2, 0) is 9.84 Å². The van der Waals surface area contributed by atoms with Gasteiger partial charge in [-0.2, -0.15) is 0 Å². The van der Waals surface area contributed by atoms with Crippen molar-refractivity contribution in [2.24, 2.45) is 5.92 Å². The molecule has 0 saturated heterocycles. The van der Waals surface area contributed by atoms with Crippen LogP contribution in [0.3, 0.4) is 0 Å². The van der Waals surface area contributed by atoms with E-state index < -0.39 is 9.84 Å². The summed E-state index contributed by atoms with van der Waals surface area (Å²) in [7, 11) is -2.85. The van der Waals surface area contributed by atoms with Gasteiger partial charge < -0.3 is 0 Å². The minimum absolute atomic E-state index is 0.102. The minimum Gasteiger partial charge on any atom is -0.229 e. The molecule has 0 radical (unpaired) electrons. The number of sulfone groups is 1. The summed E-state index contributed by atoms with van der Waals surface area (Å²) in [5, 5.41) is 0. The van der Waals surface area contributed by atoms with Gasteiger partial charge in [-0.3, -0.25) is 0 Å². The van der Waals surface area contributed by atoms with E-state index in [1.807, 2.05) is 13.8 Å². The highest BCUT2D eigenvalue weighted by Crippen LogP contribution is 1.99. The molecule has 0 atom stereocenters. The Hall–Kier alpha value is -0.310.